The smallest absolute Gasteiger partial charge is 0.410 e. The normalized spacial score (nSPS) is 11.4. The molecule has 0 radical (unpaired) electrons. The monoisotopic (exact) mass is 353 g/mol. The lowest BCUT2D eigenvalue weighted by Crippen LogP contribution is -2.48. The summed E-state index contributed by atoms with van der Waals surface area (Å²) in [4.78, 5) is 36.3. The number of rotatable bonds is 9. The fraction of sp³-hybridized carbons (Fsp3) is 0.438. The van der Waals surface area contributed by atoms with Crippen LogP contribution in [-0.4, -0.2) is 54.5 Å². The molecule has 132 valence electrons. The van der Waals surface area contributed by atoms with Gasteiger partial charge in [0.1, 0.15) is 19.2 Å². The van der Waals surface area contributed by atoms with Crippen molar-refractivity contribution in [1.82, 2.24) is 10.2 Å². The van der Waals surface area contributed by atoms with Gasteiger partial charge in [0.05, 0.1) is 0 Å². The summed E-state index contributed by atoms with van der Waals surface area (Å²) >= 11 is 1.55. The van der Waals surface area contributed by atoms with Gasteiger partial charge in [-0.15, -0.1) is 0 Å². The maximum absolute atomic E-state index is 11.9. The second-order valence-electron chi connectivity index (χ2n) is 5.20. The number of hydrogen-bond acceptors (Lipinski definition) is 5. The molecule has 0 heterocycles. The Kier molecular flexibility index (Phi) is 8.70. The molecule has 0 aliphatic heterocycles. The molecule has 3 amide bonds. The van der Waals surface area contributed by atoms with Crippen LogP contribution in [0.15, 0.2) is 30.3 Å². The summed E-state index contributed by atoms with van der Waals surface area (Å²) < 4.78 is 5.12. The minimum atomic E-state index is -0.737. The van der Waals surface area contributed by atoms with Gasteiger partial charge < -0.3 is 20.7 Å². The molecule has 1 rings (SSSR count). The minimum Gasteiger partial charge on any atom is -0.445 e. The third-order valence-electron chi connectivity index (χ3n) is 3.19. The van der Waals surface area contributed by atoms with Crippen LogP contribution in [0, 0.1) is 0 Å². The number of carbonyl (C=O) groups is 3. The van der Waals surface area contributed by atoms with E-state index in [0.29, 0.717) is 12.2 Å². The molecule has 0 bridgehead atoms. The van der Waals surface area contributed by atoms with Gasteiger partial charge in [0.2, 0.25) is 11.8 Å². The van der Waals surface area contributed by atoms with Crippen LogP contribution in [0.5, 0.6) is 0 Å². The van der Waals surface area contributed by atoms with Crippen LogP contribution in [0.3, 0.4) is 0 Å². The van der Waals surface area contributed by atoms with Crippen LogP contribution in [0.25, 0.3) is 0 Å². The molecule has 24 heavy (non-hydrogen) atoms. The van der Waals surface area contributed by atoms with Gasteiger partial charge in [0.15, 0.2) is 0 Å². The van der Waals surface area contributed by atoms with Gasteiger partial charge in [-0.2, -0.15) is 11.8 Å². The van der Waals surface area contributed by atoms with E-state index in [0.717, 1.165) is 10.5 Å². The second kappa shape index (κ2) is 10.5. The Morgan fingerprint density at radius 1 is 1.29 bits per heavy atom. The Hall–Kier alpha value is -2.22. The van der Waals surface area contributed by atoms with Gasteiger partial charge in [0.25, 0.3) is 0 Å². The molecule has 0 spiro atoms. The highest BCUT2D eigenvalue weighted by molar-refractivity contribution is 7.98. The number of carbonyl (C=O) groups excluding carboxylic acids is 3. The molecule has 1 aromatic rings. The van der Waals surface area contributed by atoms with Crippen molar-refractivity contribution >= 4 is 29.7 Å². The summed E-state index contributed by atoms with van der Waals surface area (Å²) in [7, 11) is 1.45. The molecule has 0 aliphatic carbocycles. The van der Waals surface area contributed by atoms with E-state index in [1.807, 2.05) is 36.6 Å². The van der Waals surface area contributed by atoms with Gasteiger partial charge >= 0.3 is 6.09 Å². The first-order valence-corrected chi connectivity index (χ1v) is 8.83. The molecule has 1 aromatic carbocycles. The summed E-state index contributed by atoms with van der Waals surface area (Å²) in [5.74, 6) is -0.353. The largest absolute Gasteiger partial charge is 0.445 e. The Morgan fingerprint density at radius 3 is 2.54 bits per heavy atom. The quantitative estimate of drug-likeness (QED) is 0.689. The first-order chi connectivity index (χ1) is 11.4. The van der Waals surface area contributed by atoms with E-state index in [9.17, 15) is 14.4 Å². The first kappa shape index (κ1) is 19.8. The fourth-order valence-corrected chi connectivity index (χ4v) is 2.34. The number of nitrogens with zero attached hydrogens (tertiary/aromatic N) is 1. The lowest BCUT2D eigenvalue weighted by atomic mass is 10.2. The van der Waals surface area contributed by atoms with E-state index in [2.05, 4.69) is 5.32 Å². The molecule has 8 heteroatoms. The number of amides is 3. The summed E-state index contributed by atoms with van der Waals surface area (Å²) in [6.45, 7) is -0.0834. The first-order valence-electron chi connectivity index (χ1n) is 7.43. The molecule has 1 unspecified atom stereocenters. The number of hydrogen-bond donors (Lipinski definition) is 2. The maximum Gasteiger partial charge on any atom is 0.410 e. The Bertz CT molecular complexity index is 554. The van der Waals surface area contributed by atoms with E-state index >= 15 is 0 Å². The highest BCUT2D eigenvalue weighted by atomic mass is 32.2. The zero-order chi connectivity index (χ0) is 17.9. The van der Waals surface area contributed by atoms with Crippen LogP contribution in [-0.2, 0) is 20.9 Å². The number of primary amides is 1. The molecule has 0 fully saturated rings. The number of thioether (sulfide) groups is 1. The third kappa shape index (κ3) is 7.36. The molecule has 1 atom stereocenters. The molecule has 7 nitrogen and oxygen atoms in total. The van der Waals surface area contributed by atoms with Crippen molar-refractivity contribution in [2.75, 3.05) is 25.6 Å². The Balaban J connectivity index is 2.41. The summed E-state index contributed by atoms with van der Waals surface area (Å²) in [6, 6.07) is 8.50. The van der Waals surface area contributed by atoms with Gasteiger partial charge in [0, 0.05) is 7.05 Å². The van der Waals surface area contributed by atoms with Crippen molar-refractivity contribution in [1.29, 1.82) is 0 Å². The average Bonchev–Trinajstić information content (AvgIpc) is 2.56. The van der Waals surface area contributed by atoms with E-state index in [1.165, 1.54) is 7.05 Å². The molecule has 3 N–H and O–H groups in total. The van der Waals surface area contributed by atoms with Gasteiger partial charge in [-0.1, -0.05) is 30.3 Å². The lowest BCUT2D eigenvalue weighted by molar-refractivity contribution is -0.127. The number of likely N-dealkylation sites (N-methyl/N-ethyl adjacent to an activating group) is 1. The SMILES string of the molecule is CSCCC(NC(=O)CN(C)C(=O)OCc1ccccc1)C(N)=O. The van der Waals surface area contributed by atoms with E-state index in [1.54, 1.807) is 11.8 Å². The molecule has 0 saturated heterocycles. The van der Waals surface area contributed by atoms with E-state index in [-0.39, 0.29) is 13.2 Å². The van der Waals surface area contributed by atoms with Crippen LogP contribution in [0.2, 0.25) is 0 Å². The van der Waals surface area contributed by atoms with Crippen LogP contribution in [0.1, 0.15) is 12.0 Å². The summed E-state index contributed by atoms with van der Waals surface area (Å²) in [5, 5.41) is 2.53. The highest BCUT2D eigenvalue weighted by Crippen LogP contribution is 2.03. The second-order valence-corrected chi connectivity index (χ2v) is 6.19. The zero-order valence-electron chi connectivity index (χ0n) is 13.9. The summed E-state index contributed by atoms with van der Waals surface area (Å²) in [6.07, 6.45) is 1.73. The predicted molar refractivity (Wildman–Crippen MR) is 93.4 cm³/mol. The average molecular weight is 353 g/mol. The molecule has 0 saturated carbocycles. The molecular formula is C16H23N3O4S. The Labute approximate surface area is 145 Å². The number of nitrogens with one attached hydrogen (secondary N) is 1. The van der Waals surface area contributed by atoms with E-state index in [4.69, 9.17) is 10.5 Å². The topological polar surface area (TPSA) is 102 Å². The number of ether oxygens (including phenoxy) is 1. The standard InChI is InChI=1S/C16H23N3O4S/c1-19(16(22)23-11-12-6-4-3-5-7-12)10-14(20)18-13(15(17)21)8-9-24-2/h3-7,13H,8-11H2,1-2H3,(H2,17,21)(H,18,20). The van der Waals surface area contributed by atoms with Crippen molar-refractivity contribution in [2.45, 2.75) is 19.1 Å². The molecule has 0 aromatic heterocycles. The van der Waals surface area contributed by atoms with Crippen molar-refractivity contribution < 1.29 is 19.1 Å². The Morgan fingerprint density at radius 2 is 1.96 bits per heavy atom. The lowest BCUT2D eigenvalue weighted by Gasteiger charge is -2.19. The van der Waals surface area contributed by atoms with E-state index < -0.39 is 23.9 Å². The van der Waals surface area contributed by atoms with Crippen molar-refractivity contribution in [3.05, 3.63) is 35.9 Å². The van der Waals surface area contributed by atoms with Crippen molar-refractivity contribution in [2.24, 2.45) is 5.73 Å². The summed E-state index contributed by atoms with van der Waals surface area (Å²) in [5.41, 5.74) is 6.12. The zero-order valence-corrected chi connectivity index (χ0v) is 14.7. The minimum absolute atomic E-state index is 0.128. The van der Waals surface area contributed by atoms with Gasteiger partial charge in [-0.25, -0.2) is 4.79 Å². The molecule has 0 aliphatic rings. The van der Waals surface area contributed by atoms with Crippen molar-refractivity contribution in [3.63, 3.8) is 0 Å². The van der Waals surface area contributed by atoms with Crippen LogP contribution < -0.4 is 11.1 Å². The van der Waals surface area contributed by atoms with Gasteiger partial charge in [-0.05, 0) is 24.0 Å². The van der Waals surface area contributed by atoms with Crippen molar-refractivity contribution in [3.8, 4) is 0 Å². The molecular weight excluding hydrogens is 330 g/mol. The number of benzene rings is 1. The number of nitrogens with two attached hydrogens (primary N) is 1. The van der Waals surface area contributed by atoms with Crippen LogP contribution >= 0.6 is 11.8 Å². The highest BCUT2D eigenvalue weighted by Gasteiger charge is 2.20. The fourth-order valence-electron chi connectivity index (χ4n) is 1.87. The van der Waals surface area contributed by atoms with Gasteiger partial charge in [-0.3, -0.25) is 9.59 Å². The maximum atomic E-state index is 11.9. The predicted octanol–water partition coefficient (Wildman–Crippen LogP) is 0.978. The third-order valence-corrected chi connectivity index (χ3v) is 3.83. The van der Waals surface area contributed by atoms with Crippen LogP contribution in [0.4, 0.5) is 4.79 Å².